The van der Waals surface area contributed by atoms with Crippen molar-refractivity contribution in [1.82, 2.24) is 0 Å². The number of carbonyl (C=O) groups excluding carboxylic acids is 1. The lowest BCUT2D eigenvalue weighted by Crippen LogP contribution is -2.21. The zero-order valence-corrected chi connectivity index (χ0v) is 9.04. The van der Waals surface area contributed by atoms with Crippen molar-refractivity contribution in [3.8, 4) is 5.75 Å². The highest BCUT2D eigenvalue weighted by Crippen LogP contribution is 2.21. The van der Waals surface area contributed by atoms with E-state index in [-0.39, 0.29) is 12.5 Å². The number of benzene rings is 1. The molecule has 82 valence electrons. The number of primary amides is 1. The summed E-state index contributed by atoms with van der Waals surface area (Å²) in [4.78, 5) is 10.6. The lowest BCUT2D eigenvalue weighted by atomic mass is 10.2. The topological polar surface area (TPSA) is 64.3 Å². The van der Waals surface area contributed by atoms with Crippen molar-refractivity contribution in [1.29, 1.82) is 0 Å². The minimum absolute atomic E-state index is 0.146. The molecule has 0 unspecified atom stereocenters. The first-order valence-corrected chi connectivity index (χ1v) is 4.89. The minimum Gasteiger partial charge on any atom is -0.494 e. The molecule has 0 saturated carbocycles. The highest BCUT2D eigenvalue weighted by atomic mass is 16.5. The second-order valence-corrected chi connectivity index (χ2v) is 3.23. The molecule has 0 aliphatic rings. The first kappa shape index (κ1) is 11.4. The Kier molecular flexibility index (Phi) is 3.97. The minimum atomic E-state index is -0.374. The maximum Gasteiger partial charge on any atom is 0.236 e. The summed E-state index contributed by atoms with van der Waals surface area (Å²) in [5, 5.41) is 2.92. The summed E-state index contributed by atoms with van der Waals surface area (Å²) >= 11 is 0. The molecule has 0 aromatic heterocycles. The van der Waals surface area contributed by atoms with Crippen LogP contribution in [0, 0.1) is 6.92 Å². The standard InChI is InChI=1S/C11H16N2O2/c1-3-15-10-5-4-9(6-8(10)2)13-7-11(12)14/h4-6,13H,3,7H2,1-2H3,(H2,12,14). The van der Waals surface area contributed by atoms with Gasteiger partial charge in [-0.3, -0.25) is 4.79 Å². The number of carbonyl (C=O) groups is 1. The van der Waals surface area contributed by atoms with Crippen molar-refractivity contribution in [3.63, 3.8) is 0 Å². The van der Waals surface area contributed by atoms with E-state index in [0.29, 0.717) is 6.61 Å². The molecule has 3 N–H and O–H groups in total. The maximum atomic E-state index is 10.6. The molecule has 1 aromatic rings. The Morgan fingerprint density at radius 2 is 2.27 bits per heavy atom. The zero-order valence-electron chi connectivity index (χ0n) is 9.04. The molecule has 0 atom stereocenters. The average molecular weight is 208 g/mol. The summed E-state index contributed by atoms with van der Waals surface area (Å²) in [6.07, 6.45) is 0. The number of hydrogen-bond donors (Lipinski definition) is 2. The summed E-state index contributed by atoms with van der Waals surface area (Å²) in [5.74, 6) is 0.490. The van der Waals surface area contributed by atoms with Crippen LogP contribution in [0.4, 0.5) is 5.69 Å². The van der Waals surface area contributed by atoms with Crippen LogP contribution in [-0.4, -0.2) is 19.1 Å². The molecule has 0 radical (unpaired) electrons. The van der Waals surface area contributed by atoms with E-state index in [2.05, 4.69) is 5.32 Å². The van der Waals surface area contributed by atoms with Gasteiger partial charge in [-0.1, -0.05) is 0 Å². The predicted molar refractivity (Wildman–Crippen MR) is 60.0 cm³/mol. The molecule has 0 saturated heterocycles. The van der Waals surface area contributed by atoms with Crippen LogP contribution in [0.2, 0.25) is 0 Å². The Morgan fingerprint density at radius 3 is 2.80 bits per heavy atom. The number of nitrogens with one attached hydrogen (secondary N) is 1. The molecule has 1 rings (SSSR count). The van der Waals surface area contributed by atoms with Crippen molar-refractivity contribution < 1.29 is 9.53 Å². The molecular weight excluding hydrogens is 192 g/mol. The zero-order chi connectivity index (χ0) is 11.3. The van der Waals surface area contributed by atoms with Crippen molar-refractivity contribution in [2.24, 2.45) is 5.73 Å². The van der Waals surface area contributed by atoms with Crippen molar-refractivity contribution in [2.45, 2.75) is 13.8 Å². The molecule has 0 fully saturated rings. The van der Waals surface area contributed by atoms with E-state index < -0.39 is 0 Å². The van der Waals surface area contributed by atoms with Gasteiger partial charge in [0.05, 0.1) is 13.2 Å². The first-order valence-electron chi connectivity index (χ1n) is 4.89. The molecule has 0 heterocycles. The van der Waals surface area contributed by atoms with E-state index in [1.54, 1.807) is 0 Å². The lowest BCUT2D eigenvalue weighted by Gasteiger charge is -2.09. The first-order chi connectivity index (χ1) is 7.13. The summed E-state index contributed by atoms with van der Waals surface area (Å²) in [6, 6.07) is 5.66. The quantitative estimate of drug-likeness (QED) is 0.766. The molecule has 1 aromatic carbocycles. The average Bonchev–Trinajstić information content (AvgIpc) is 2.19. The highest BCUT2D eigenvalue weighted by molar-refractivity contribution is 5.78. The fourth-order valence-electron chi connectivity index (χ4n) is 1.27. The molecule has 0 aliphatic carbocycles. The maximum absolute atomic E-state index is 10.6. The molecule has 0 aliphatic heterocycles. The van der Waals surface area contributed by atoms with E-state index in [4.69, 9.17) is 10.5 Å². The largest absolute Gasteiger partial charge is 0.494 e. The van der Waals surface area contributed by atoms with Gasteiger partial charge < -0.3 is 15.8 Å². The molecule has 0 bridgehead atoms. The number of rotatable bonds is 5. The van der Waals surface area contributed by atoms with Gasteiger partial charge in [-0.05, 0) is 37.6 Å². The van der Waals surface area contributed by atoms with Crippen LogP contribution in [0.15, 0.2) is 18.2 Å². The highest BCUT2D eigenvalue weighted by Gasteiger charge is 2.01. The van der Waals surface area contributed by atoms with Crippen LogP contribution in [0.1, 0.15) is 12.5 Å². The normalized spacial score (nSPS) is 9.73. The van der Waals surface area contributed by atoms with Gasteiger partial charge in [-0.15, -0.1) is 0 Å². The SMILES string of the molecule is CCOc1ccc(NCC(N)=O)cc1C. The summed E-state index contributed by atoms with van der Waals surface area (Å²) in [5.41, 5.74) is 6.93. The third-order valence-electron chi connectivity index (χ3n) is 1.94. The number of aryl methyl sites for hydroxylation is 1. The smallest absolute Gasteiger partial charge is 0.236 e. The molecular formula is C11H16N2O2. The lowest BCUT2D eigenvalue weighted by molar-refractivity contribution is -0.116. The van der Waals surface area contributed by atoms with E-state index in [1.165, 1.54) is 0 Å². The van der Waals surface area contributed by atoms with Crippen molar-refractivity contribution >= 4 is 11.6 Å². The Balaban J connectivity index is 2.68. The second-order valence-electron chi connectivity index (χ2n) is 3.23. The van der Waals surface area contributed by atoms with Crippen LogP contribution in [-0.2, 0) is 4.79 Å². The number of nitrogens with two attached hydrogens (primary N) is 1. The van der Waals surface area contributed by atoms with Crippen LogP contribution in [0.3, 0.4) is 0 Å². The summed E-state index contributed by atoms with van der Waals surface area (Å²) in [7, 11) is 0. The number of anilines is 1. The second kappa shape index (κ2) is 5.24. The van der Waals surface area contributed by atoms with Crippen LogP contribution in [0.25, 0.3) is 0 Å². The number of amides is 1. The monoisotopic (exact) mass is 208 g/mol. The van der Waals surface area contributed by atoms with Gasteiger partial charge in [0.1, 0.15) is 5.75 Å². The third kappa shape index (κ3) is 3.50. The number of ether oxygens (including phenoxy) is 1. The van der Waals surface area contributed by atoms with Gasteiger partial charge in [0, 0.05) is 5.69 Å². The van der Waals surface area contributed by atoms with Gasteiger partial charge in [-0.2, -0.15) is 0 Å². The third-order valence-corrected chi connectivity index (χ3v) is 1.94. The Morgan fingerprint density at radius 1 is 1.53 bits per heavy atom. The molecule has 0 spiro atoms. The Hall–Kier alpha value is -1.71. The van der Waals surface area contributed by atoms with Gasteiger partial charge in [0.15, 0.2) is 0 Å². The van der Waals surface area contributed by atoms with E-state index in [0.717, 1.165) is 17.0 Å². The number of hydrogen-bond acceptors (Lipinski definition) is 3. The summed E-state index contributed by atoms with van der Waals surface area (Å²) < 4.78 is 5.40. The molecule has 4 heteroatoms. The van der Waals surface area contributed by atoms with Crippen LogP contribution < -0.4 is 15.8 Å². The van der Waals surface area contributed by atoms with Gasteiger partial charge in [-0.25, -0.2) is 0 Å². The van der Waals surface area contributed by atoms with Gasteiger partial charge in [0.2, 0.25) is 5.91 Å². The Labute approximate surface area is 89.4 Å². The van der Waals surface area contributed by atoms with E-state index in [1.807, 2.05) is 32.0 Å². The predicted octanol–water partition coefficient (Wildman–Crippen LogP) is 1.29. The van der Waals surface area contributed by atoms with E-state index in [9.17, 15) is 4.79 Å². The molecule has 4 nitrogen and oxygen atoms in total. The van der Waals surface area contributed by atoms with Crippen LogP contribution in [0.5, 0.6) is 5.75 Å². The molecule has 1 amide bonds. The Bertz CT molecular complexity index is 350. The van der Waals surface area contributed by atoms with Crippen molar-refractivity contribution in [3.05, 3.63) is 23.8 Å². The van der Waals surface area contributed by atoms with Crippen molar-refractivity contribution in [2.75, 3.05) is 18.5 Å². The summed E-state index contributed by atoms with van der Waals surface area (Å²) in [6.45, 7) is 4.70. The van der Waals surface area contributed by atoms with Gasteiger partial charge in [0.25, 0.3) is 0 Å². The fraction of sp³-hybridized carbons (Fsp3) is 0.364. The molecule has 15 heavy (non-hydrogen) atoms. The van der Waals surface area contributed by atoms with Crippen LogP contribution >= 0.6 is 0 Å². The van der Waals surface area contributed by atoms with Gasteiger partial charge >= 0.3 is 0 Å². The van der Waals surface area contributed by atoms with E-state index >= 15 is 0 Å². The fourth-order valence-corrected chi connectivity index (χ4v) is 1.27.